The van der Waals surface area contributed by atoms with Crippen molar-refractivity contribution in [3.63, 3.8) is 0 Å². The van der Waals surface area contributed by atoms with Gasteiger partial charge in [0.15, 0.2) is 0 Å². The van der Waals surface area contributed by atoms with E-state index < -0.39 is 0 Å². The predicted molar refractivity (Wildman–Crippen MR) is 56.1 cm³/mol. The molecule has 0 radical (unpaired) electrons. The van der Waals surface area contributed by atoms with Crippen LogP contribution in [0.2, 0.25) is 0 Å². The number of hydrogen-bond donors (Lipinski definition) is 1. The Morgan fingerprint density at radius 3 is 2.71 bits per heavy atom. The SMILES string of the molecule is COC1CCCCC1C1=CC(O)CC1. The Bertz CT molecular complexity index is 222. The zero-order chi connectivity index (χ0) is 9.97. The van der Waals surface area contributed by atoms with Crippen LogP contribution >= 0.6 is 0 Å². The van der Waals surface area contributed by atoms with Crippen LogP contribution < -0.4 is 0 Å². The van der Waals surface area contributed by atoms with Crippen molar-refractivity contribution in [2.24, 2.45) is 5.92 Å². The van der Waals surface area contributed by atoms with Crippen molar-refractivity contribution >= 4 is 0 Å². The summed E-state index contributed by atoms with van der Waals surface area (Å²) in [5.74, 6) is 0.589. The van der Waals surface area contributed by atoms with Crippen LogP contribution in [0.4, 0.5) is 0 Å². The molecule has 1 fully saturated rings. The average molecular weight is 196 g/mol. The van der Waals surface area contributed by atoms with Crippen molar-refractivity contribution in [2.45, 2.75) is 50.7 Å². The molecule has 1 N–H and O–H groups in total. The lowest BCUT2D eigenvalue weighted by molar-refractivity contribution is 0.0366. The van der Waals surface area contributed by atoms with E-state index in [1.807, 2.05) is 7.11 Å². The quantitative estimate of drug-likeness (QED) is 0.686. The number of rotatable bonds is 2. The van der Waals surface area contributed by atoms with Gasteiger partial charge in [0.1, 0.15) is 0 Å². The Hall–Kier alpha value is -0.340. The van der Waals surface area contributed by atoms with E-state index in [1.54, 1.807) is 0 Å². The average Bonchev–Trinajstić information content (AvgIpc) is 2.65. The van der Waals surface area contributed by atoms with Crippen molar-refractivity contribution in [1.29, 1.82) is 0 Å². The number of aliphatic hydroxyl groups excluding tert-OH is 1. The van der Waals surface area contributed by atoms with E-state index in [4.69, 9.17) is 4.74 Å². The van der Waals surface area contributed by atoms with Gasteiger partial charge in [0.2, 0.25) is 0 Å². The third-order valence-corrected chi connectivity index (χ3v) is 3.62. The van der Waals surface area contributed by atoms with Crippen LogP contribution in [0.3, 0.4) is 0 Å². The van der Waals surface area contributed by atoms with E-state index >= 15 is 0 Å². The van der Waals surface area contributed by atoms with Gasteiger partial charge in [-0.2, -0.15) is 0 Å². The standard InChI is InChI=1S/C12H20O2/c1-14-12-5-3-2-4-11(12)9-6-7-10(13)8-9/h8,10-13H,2-7H2,1H3. The van der Waals surface area contributed by atoms with Gasteiger partial charge in [-0.3, -0.25) is 0 Å². The summed E-state index contributed by atoms with van der Waals surface area (Å²) >= 11 is 0. The molecule has 14 heavy (non-hydrogen) atoms. The van der Waals surface area contributed by atoms with Gasteiger partial charge in [-0.25, -0.2) is 0 Å². The molecule has 0 aromatic carbocycles. The number of aliphatic hydroxyl groups is 1. The van der Waals surface area contributed by atoms with Crippen LogP contribution in [0.1, 0.15) is 38.5 Å². The second-order valence-corrected chi connectivity index (χ2v) is 4.51. The summed E-state index contributed by atoms with van der Waals surface area (Å²) in [6, 6.07) is 0. The van der Waals surface area contributed by atoms with Crippen molar-refractivity contribution in [1.82, 2.24) is 0 Å². The van der Waals surface area contributed by atoms with Crippen LogP contribution in [0.15, 0.2) is 11.6 Å². The molecule has 3 unspecified atom stereocenters. The lowest BCUT2D eigenvalue weighted by atomic mass is 9.81. The minimum atomic E-state index is -0.190. The zero-order valence-corrected chi connectivity index (χ0v) is 8.91. The molecule has 2 aliphatic rings. The maximum Gasteiger partial charge on any atom is 0.0726 e. The predicted octanol–water partition coefficient (Wildman–Crippen LogP) is 2.27. The van der Waals surface area contributed by atoms with Gasteiger partial charge >= 0.3 is 0 Å². The van der Waals surface area contributed by atoms with Crippen molar-refractivity contribution in [3.8, 4) is 0 Å². The molecule has 0 spiro atoms. The van der Waals surface area contributed by atoms with Gasteiger partial charge < -0.3 is 9.84 Å². The van der Waals surface area contributed by atoms with Gasteiger partial charge in [-0.05, 0) is 25.7 Å². The molecule has 0 bridgehead atoms. The second-order valence-electron chi connectivity index (χ2n) is 4.51. The third-order valence-electron chi connectivity index (χ3n) is 3.62. The summed E-state index contributed by atoms with van der Waals surface area (Å²) in [5, 5.41) is 9.47. The fourth-order valence-corrected chi connectivity index (χ4v) is 2.84. The first-order valence-corrected chi connectivity index (χ1v) is 5.72. The molecule has 0 amide bonds. The second kappa shape index (κ2) is 4.45. The van der Waals surface area contributed by atoms with Gasteiger partial charge in [0.05, 0.1) is 12.2 Å². The fourth-order valence-electron chi connectivity index (χ4n) is 2.84. The van der Waals surface area contributed by atoms with Crippen LogP contribution in [0.25, 0.3) is 0 Å². The minimum absolute atomic E-state index is 0.190. The first kappa shape index (κ1) is 10.2. The van der Waals surface area contributed by atoms with E-state index in [-0.39, 0.29) is 6.10 Å². The number of ether oxygens (including phenoxy) is 1. The highest BCUT2D eigenvalue weighted by Gasteiger charge is 2.30. The van der Waals surface area contributed by atoms with Crippen LogP contribution in [0.5, 0.6) is 0 Å². The Kier molecular flexibility index (Phi) is 3.24. The molecule has 0 aromatic rings. The van der Waals surface area contributed by atoms with Crippen LogP contribution in [0, 0.1) is 5.92 Å². The lowest BCUT2D eigenvalue weighted by Gasteiger charge is -2.31. The molecular formula is C12H20O2. The molecule has 3 atom stereocenters. The van der Waals surface area contributed by atoms with Gasteiger partial charge in [-0.1, -0.05) is 24.5 Å². The van der Waals surface area contributed by atoms with Crippen molar-refractivity contribution in [2.75, 3.05) is 7.11 Å². The number of hydrogen-bond acceptors (Lipinski definition) is 2. The molecule has 0 aromatic heterocycles. The molecule has 2 heteroatoms. The highest BCUT2D eigenvalue weighted by Crippen LogP contribution is 2.36. The van der Waals surface area contributed by atoms with E-state index in [2.05, 4.69) is 6.08 Å². The topological polar surface area (TPSA) is 29.5 Å². The van der Waals surface area contributed by atoms with Gasteiger partial charge in [0.25, 0.3) is 0 Å². The summed E-state index contributed by atoms with van der Waals surface area (Å²) in [4.78, 5) is 0. The molecule has 80 valence electrons. The molecule has 1 saturated carbocycles. The van der Waals surface area contributed by atoms with Crippen molar-refractivity contribution < 1.29 is 9.84 Å². The molecule has 0 heterocycles. The van der Waals surface area contributed by atoms with Crippen LogP contribution in [-0.2, 0) is 4.74 Å². The third kappa shape index (κ3) is 2.01. The molecule has 0 aliphatic heterocycles. The molecule has 2 rings (SSSR count). The maximum absolute atomic E-state index is 9.47. The highest BCUT2D eigenvalue weighted by atomic mass is 16.5. The normalized spacial score (nSPS) is 38.4. The largest absolute Gasteiger partial charge is 0.389 e. The Balaban J connectivity index is 2.03. The van der Waals surface area contributed by atoms with E-state index in [1.165, 1.54) is 31.3 Å². The summed E-state index contributed by atoms with van der Waals surface area (Å²) in [6.45, 7) is 0. The summed E-state index contributed by atoms with van der Waals surface area (Å²) < 4.78 is 5.53. The monoisotopic (exact) mass is 196 g/mol. The summed E-state index contributed by atoms with van der Waals surface area (Å²) in [7, 11) is 1.81. The molecule has 2 aliphatic carbocycles. The first-order chi connectivity index (χ1) is 6.81. The summed E-state index contributed by atoms with van der Waals surface area (Å²) in [5.41, 5.74) is 1.45. The lowest BCUT2D eigenvalue weighted by Crippen LogP contribution is -2.27. The van der Waals surface area contributed by atoms with E-state index in [9.17, 15) is 5.11 Å². The fraction of sp³-hybridized carbons (Fsp3) is 0.833. The van der Waals surface area contributed by atoms with Crippen molar-refractivity contribution in [3.05, 3.63) is 11.6 Å². The number of methoxy groups -OCH3 is 1. The smallest absolute Gasteiger partial charge is 0.0726 e. The van der Waals surface area contributed by atoms with E-state index in [0.717, 1.165) is 12.8 Å². The Labute approximate surface area is 86.0 Å². The van der Waals surface area contributed by atoms with Gasteiger partial charge in [0, 0.05) is 13.0 Å². The van der Waals surface area contributed by atoms with E-state index in [0.29, 0.717) is 12.0 Å². The zero-order valence-electron chi connectivity index (χ0n) is 8.91. The highest BCUT2D eigenvalue weighted by molar-refractivity contribution is 5.17. The maximum atomic E-state index is 9.47. The minimum Gasteiger partial charge on any atom is -0.389 e. The van der Waals surface area contributed by atoms with Crippen LogP contribution in [-0.4, -0.2) is 24.4 Å². The molecular weight excluding hydrogens is 176 g/mol. The van der Waals surface area contributed by atoms with Gasteiger partial charge in [-0.15, -0.1) is 0 Å². The Morgan fingerprint density at radius 2 is 2.07 bits per heavy atom. The summed E-state index contributed by atoms with van der Waals surface area (Å²) in [6.07, 6.45) is 9.31. The Morgan fingerprint density at radius 1 is 1.29 bits per heavy atom. The first-order valence-electron chi connectivity index (χ1n) is 5.72. The molecule has 0 saturated heterocycles. The molecule has 2 nitrogen and oxygen atoms in total.